The molecular formula is C29H27NO7. The number of Topliss-reactive ketones (excluding diaryl/α,β-unsaturated/α-hetero) is 1. The Kier molecular flexibility index (Phi) is 6.72. The molecule has 8 heteroatoms. The molecule has 1 atom stereocenters. The number of hydrogen-bond acceptors (Lipinski definition) is 7. The average Bonchev–Trinajstić information content (AvgIpc) is 3.21. The number of methoxy groups -OCH3 is 1. The largest absolute Gasteiger partial charge is 0.507 e. The van der Waals surface area contributed by atoms with Crippen LogP contribution in [0.2, 0.25) is 0 Å². The molecule has 0 spiro atoms. The number of amides is 1. The van der Waals surface area contributed by atoms with E-state index in [9.17, 15) is 14.7 Å². The summed E-state index contributed by atoms with van der Waals surface area (Å²) in [6.07, 6.45) is 0.828. The van der Waals surface area contributed by atoms with Gasteiger partial charge >= 0.3 is 0 Å². The Labute approximate surface area is 214 Å². The number of fused-ring (bicyclic) bond motifs is 1. The number of benzene rings is 3. The maximum Gasteiger partial charge on any atom is 0.300 e. The second-order valence-corrected chi connectivity index (χ2v) is 8.65. The lowest BCUT2D eigenvalue weighted by molar-refractivity contribution is -0.132. The predicted molar refractivity (Wildman–Crippen MR) is 137 cm³/mol. The van der Waals surface area contributed by atoms with Crippen molar-refractivity contribution in [1.82, 2.24) is 0 Å². The number of nitrogens with zero attached hydrogens (tertiary/aromatic N) is 1. The first kappa shape index (κ1) is 24.2. The fourth-order valence-corrected chi connectivity index (χ4v) is 4.49. The predicted octanol–water partition coefficient (Wildman–Crippen LogP) is 4.88. The Balaban J connectivity index is 1.65. The topological polar surface area (TPSA) is 94.5 Å². The van der Waals surface area contributed by atoms with Crippen LogP contribution < -0.4 is 23.8 Å². The SMILES string of the molecule is CCCOc1cccc(/C(O)=C2\C(=O)C(=O)N(c3ccc4c(c3)OCCO4)C2c2ccc(OC)cc2)c1. The highest BCUT2D eigenvalue weighted by atomic mass is 16.6. The molecule has 1 amide bonds. The minimum Gasteiger partial charge on any atom is -0.507 e. The Bertz CT molecular complexity index is 1360. The van der Waals surface area contributed by atoms with Crippen LogP contribution in [0.5, 0.6) is 23.0 Å². The van der Waals surface area contributed by atoms with Crippen molar-refractivity contribution in [3.05, 3.63) is 83.4 Å². The van der Waals surface area contributed by atoms with Gasteiger partial charge in [0, 0.05) is 17.3 Å². The van der Waals surface area contributed by atoms with E-state index in [1.807, 2.05) is 6.92 Å². The maximum absolute atomic E-state index is 13.4. The molecule has 2 aliphatic rings. The van der Waals surface area contributed by atoms with Crippen LogP contribution in [0.15, 0.2) is 72.3 Å². The van der Waals surface area contributed by atoms with Crippen molar-refractivity contribution >= 4 is 23.1 Å². The first-order chi connectivity index (χ1) is 18.0. The van der Waals surface area contributed by atoms with E-state index in [0.717, 1.165) is 6.42 Å². The third-order valence-corrected chi connectivity index (χ3v) is 6.26. The Hall–Kier alpha value is -4.46. The molecule has 1 unspecified atom stereocenters. The van der Waals surface area contributed by atoms with Crippen LogP contribution >= 0.6 is 0 Å². The average molecular weight is 502 g/mol. The number of rotatable bonds is 7. The highest BCUT2D eigenvalue weighted by Crippen LogP contribution is 2.45. The van der Waals surface area contributed by atoms with E-state index >= 15 is 0 Å². The molecule has 8 nitrogen and oxygen atoms in total. The summed E-state index contributed by atoms with van der Waals surface area (Å²) in [6, 6.07) is 18.1. The summed E-state index contributed by atoms with van der Waals surface area (Å²) in [5.41, 5.74) is 1.45. The quantitative estimate of drug-likeness (QED) is 0.280. The minimum absolute atomic E-state index is 0.0160. The Morgan fingerprint density at radius 2 is 1.73 bits per heavy atom. The molecule has 2 aliphatic heterocycles. The van der Waals surface area contributed by atoms with Crippen molar-refractivity contribution in [1.29, 1.82) is 0 Å². The Morgan fingerprint density at radius 1 is 0.973 bits per heavy atom. The third-order valence-electron chi connectivity index (χ3n) is 6.26. The smallest absolute Gasteiger partial charge is 0.300 e. The molecule has 37 heavy (non-hydrogen) atoms. The summed E-state index contributed by atoms with van der Waals surface area (Å²) in [7, 11) is 1.56. The van der Waals surface area contributed by atoms with Gasteiger partial charge in [-0.25, -0.2) is 0 Å². The molecule has 3 aromatic carbocycles. The van der Waals surface area contributed by atoms with Gasteiger partial charge in [-0.3, -0.25) is 14.5 Å². The first-order valence-electron chi connectivity index (χ1n) is 12.1. The zero-order valence-electron chi connectivity index (χ0n) is 20.6. The van der Waals surface area contributed by atoms with Crippen LogP contribution in [0.3, 0.4) is 0 Å². The summed E-state index contributed by atoms with van der Waals surface area (Å²) < 4.78 is 22.3. The van der Waals surface area contributed by atoms with E-state index in [-0.39, 0.29) is 11.3 Å². The molecule has 0 bridgehead atoms. The molecule has 0 aromatic heterocycles. The number of anilines is 1. The monoisotopic (exact) mass is 501 g/mol. The van der Waals surface area contributed by atoms with Gasteiger partial charge in [-0.15, -0.1) is 0 Å². The van der Waals surface area contributed by atoms with Crippen LogP contribution in [0.25, 0.3) is 5.76 Å². The number of hydrogen-bond donors (Lipinski definition) is 1. The zero-order valence-corrected chi connectivity index (χ0v) is 20.6. The van der Waals surface area contributed by atoms with E-state index < -0.39 is 17.7 Å². The lowest BCUT2D eigenvalue weighted by Gasteiger charge is -2.27. The second-order valence-electron chi connectivity index (χ2n) is 8.65. The summed E-state index contributed by atoms with van der Waals surface area (Å²) >= 11 is 0. The minimum atomic E-state index is -0.881. The molecule has 0 radical (unpaired) electrons. The summed E-state index contributed by atoms with van der Waals surface area (Å²) in [4.78, 5) is 28.3. The zero-order chi connectivity index (χ0) is 25.9. The van der Waals surface area contributed by atoms with E-state index in [1.165, 1.54) is 4.90 Å². The van der Waals surface area contributed by atoms with Crippen LogP contribution in [0, 0.1) is 0 Å². The van der Waals surface area contributed by atoms with Crippen molar-refractivity contribution in [3.63, 3.8) is 0 Å². The molecule has 0 aliphatic carbocycles. The molecule has 2 heterocycles. The van der Waals surface area contributed by atoms with Crippen LogP contribution in [-0.2, 0) is 9.59 Å². The fourth-order valence-electron chi connectivity index (χ4n) is 4.49. The number of carbonyl (C=O) groups excluding carboxylic acids is 2. The first-order valence-corrected chi connectivity index (χ1v) is 12.1. The van der Waals surface area contributed by atoms with Crippen molar-refractivity contribution in [2.45, 2.75) is 19.4 Å². The number of carbonyl (C=O) groups is 2. The van der Waals surface area contributed by atoms with Gasteiger partial charge in [-0.2, -0.15) is 0 Å². The lowest BCUT2D eigenvalue weighted by Crippen LogP contribution is -2.29. The fraction of sp³-hybridized carbons (Fsp3) is 0.241. The van der Waals surface area contributed by atoms with Gasteiger partial charge in [0.25, 0.3) is 11.7 Å². The van der Waals surface area contributed by atoms with Gasteiger partial charge in [0.15, 0.2) is 11.5 Å². The second kappa shape index (κ2) is 10.3. The van der Waals surface area contributed by atoms with Crippen LogP contribution in [-0.4, -0.2) is 43.7 Å². The van der Waals surface area contributed by atoms with Crippen LogP contribution in [0.4, 0.5) is 5.69 Å². The van der Waals surface area contributed by atoms with E-state index in [2.05, 4.69) is 0 Å². The highest BCUT2D eigenvalue weighted by Gasteiger charge is 2.47. The maximum atomic E-state index is 13.4. The Morgan fingerprint density at radius 3 is 2.46 bits per heavy atom. The molecule has 3 aromatic rings. The lowest BCUT2D eigenvalue weighted by atomic mass is 9.95. The molecule has 190 valence electrons. The third kappa shape index (κ3) is 4.58. The normalized spacial score (nSPS) is 18.1. The van der Waals surface area contributed by atoms with E-state index in [1.54, 1.807) is 73.8 Å². The number of ketones is 1. The standard InChI is InChI=1S/C29H27NO7/c1-3-13-35-22-6-4-5-19(16-22)27(31)25-26(18-7-10-21(34-2)11-8-18)30(29(33)28(25)32)20-9-12-23-24(17-20)37-15-14-36-23/h4-12,16-17,26,31H,3,13-15H2,1-2H3/b27-25+. The van der Waals surface area contributed by atoms with Gasteiger partial charge in [0.1, 0.15) is 30.5 Å². The molecule has 1 fully saturated rings. The number of ether oxygens (including phenoxy) is 4. The van der Waals surface area contributed by atoms with Gasteiger partial charge in [-0.05, 0) is 48.4 Å². The molecule has 1 saturated heterocycles. The van der Waals surface area contributed by atoms with Crippen molar-refractivity contribution in [2.75, 3.05) is 31.8 Å². The highest BCUT2D eigenvalue weighted by molar-refractivity contribution is 6.51. The molecule has 1 N–H and O–H groups in total. The van der Waals surface area contributed by atoms with Crippen molar-refractivity contribution in [3.8, 4) is 23.0 Å². The van der Waals surface area contributed by atoms with E-state index in [0.29, 0.717) is 59.6 Å². The van der Waals surface area contributed by atoms with Gasteiger partial charge in [0.05, 0.1) is 25.3 Å². The summed E-state index contributed by atoms with van der Waals surface area (Å²) in [6.45, 7) is 3.33. The van der Waals surface area contributed by atoms with Gasteiger partial charge in [0.2, 0.25) is 0 Å². The molecular weight excluding hydrogens is 474 g/mol. The van der Waals surface area contributed by atoms with Crippen molar-refractivity contribution < 1.29 is 33.6 Å². The number of aliphatic hydroxyl groups is 1. The number of aliphatic hydroxyl groups excluding tert-OH is 1. The van der Waals surface area contributed by atoms with E-state index in [4.69, 9.17) is 18.9 Å². The van der Waals surface area contributed by atoms with Crippen LogP contribution in [0.1, 0.15) is 30.5 Å². The molecule has 5 rings (SSSR count). The van der Waals surface area contributed by atoms with Crippen molar-refractivity contribution in [2.24, 2.45) is 0 Å². The summed E-state index contributed by atoms with van der Waals surface area (Å²) in [5, 5.41) is 11.4. The molecule has 0 saturated carbocycles. The van der Waals surface area contributed by atoms with Gasteiger partial charge in [-0.1, -0.05) is 31.2 Å². The van der Waals surface area contributed by atoms with Gasteiger partial charge < -0.3 is 24.1 Å². The summed E-state index contributed by atoms with van der Waals surface area (Å²) in [5.74, 6) is 0.428.